The molecule has 0 radical (unpaired) electrons. The van der Waals surface area contributed by atoms with E-state index in [2.05, 4.69) is 37.1 Å². The van der Waals surface area contributed by atoms with Gasteiger partial charge in [-0.2, -0.15) is 0 Å². The molecular formula is C11H12Br2N2O3. The Morgan fingerprint density at radius 1 is 1.44 bits per heavy atom. The summed E-state index contributed by atoms with van der Waals surface area (Å²) in [5.74, 6) is -0.981. The zero-order valence-corrected chi connectivity index (χ0v) is 13.0. The first-order valence-corrected chi connectivity index (χ1v) is 6.77. The first-order chi connectivity index (χ1) is 8.36. The molecule has 0 aliphatic carbocycles. The Kier molecular flexibility index (Phi) is 5.28. The van der Waals surface area contributed by atoms with Crippen molar-refractivity contribution in [3.05, 3.63) is 31.5 Å². The Balaban J connectivity index is 3.35. The molecule has 0 saturated carbocycles. The molecule has 1 aromatic carbocycles. The summed E-state index contributed by atoms with van der Waals surface area (Å²) in [5, 5.41) is 12.5. The number of nitrogens with zero attached hydrogens (tertiary/aromatic N) is 2. The van der Waals surface area contributed by atoms with Crippen LogP contribution in [0.1, 0.15) is 25.3 Å². The molecule has 1 rings (SSSR count). The molecular weight excluding hydrogens is 368 g/mol. The maximum Gasteiger partial charge on any atom is 0.325 e. The number of carboxylic acid groups (broad SMARTS) is 1. The van der Waals surface area contributed by atoms with Crippen molar-refractivity contribution >= 4 is 43.5 Å². The maximum atomic E-state index is 10.8. The van der Waals surface area contributed by atoms with Crippen molar-refractivity contribution in [2.45, 2.75) is 19.8 Å². The molecule has 5 nitrogen and oxygen atoms in total. The quantitative estimate of drug-likeness (QED) is 0.622. The molecule has 0 heterocycles. The molecule has 0 atom stereocenters. The monoisotopic (exact) mass is 378 g/mol. The fourth-order valence-electron chi connectivity index (χ4n) is 1.58. The second-order valence-electron chi connectivity index (χ2n) is 4.01. The Bertz CT molecular complexity index is 478. The van der Waals surface area contributed by atoms with E-state index in [0.29, 0.717) is 10.2 Å². The van der Waals surface area contributed by atoms with Gasteiger partial charge in [0.15, 0.2) is 0 Å². The third kappa shape index (κ3) is 3.52. The van der Waals surface area contributed by atoms with E-state index < -0.39 is 12.5 Å². The number of hydrogen-bond acceptors (Lipinski definition) is 3. The SMILES string of the molecule is CC(C)c1cc(Br)cc(Br)c1N(CC(=O)O)N=O. The molecule has 0 amide bonds. The van der Waals surface area contributed by atoms with Crippen LogP contribution in [0, 0.1) is 4.91 Å². The summed E-state index contributed by atoms with van der Waals surface area (Å²) >= 11 is 6.70. The van der Waals surface area contributed by atoms with Crippen LogP contribution in [0.3, 0.4) is 0 Å². The van der Waals surface area contributed by atoms with E-state index in [0.717, 1.165) is 15.0 Å². The molecule has 0 unspecified atom stereocenters. The average molecular weight is 380 g/mol. The number of anilines is 1. The van der Waals surface area contributed by atoms with Crippen LogP contribution in [0.2, 0.25) is 0 Å². The Morgan fingerprint density at radius 2 is 2.06 bits per heavy atom. The van der Waals surface area contributed by atoms with Gasteiger partial charge in [0.05, 0.1) is 11.0 Å². The minimum atomic E-state index is -1.11. The number of nitroso groups, excluding NO2 is 1. The van der Waals surface area contributed by atoms with Gasteiger partial charge < -0.3 is 5.11 Å². The van der Waals surface area contributed by atoms with E-state index in [9.17, 15) is 9.70 Å². The van der Waals surface area contributed by atoms with Crippen LogP contribution in [-0.2, 0) is 4.79 Å². The van der Waals surface area contributed by atoms with Crippen molar-refractivity contribution in [1.82, 2.24) is 0 Å². The van der Waals surface area contributed by atoms with Crippen molar-refractivity contribution in [3.8, 4) is 0 Å². The van der Waals surface area contributed by atoms with Gasteiger partial charge in [-0.05, 0) is 39.5 Å². The number of halogens is 2. The van der Waals surface area contributed by atoms with Crippen molar-refractivity contribution in [2.24, 2.45) is 5.29 Å². The number of carbonyl (C=O) groups is 1. The van der Waals surface area contributed by atoms with Crippen molar-refractivity contribution in [1.29, 1.82) is 0 Å². The van der Waals surface area contributed by atoms with Crippen molar-refractivity contribution in [3.63, 3.8) is 0 Å². The Hall–Kier alpha value is -0.950. The van der Waals surface area contributed by atoms with Crippen LogP contribution < -0.4 is 5.01 Å². The van der Waals surface area contributed by atoms with E-state index in [1.807, 2.05) is 19.9 Å². The summed E-state index contributed by atoms with van der Waals surface area (Å²) < 4.78 is 1.48. The summed E-state index contributed by atoms with van der Waals surface area (Å²) in [5.41, 5.74) is 1.34. The van der Waals surface area contributed by atoms with Gasteiger partial charge in [-0.15, -0.1) is 4.91 Å². The minimum Gasteiger partial charge on any atom is -0.480 e. The number of carboxylic acids is 1. The highest BCUT2D eigenvalue weighted by atomic mass is 79.9. The lowest BCUT2D eigenvalue weighted by atomic mass is 10.0. The lowest BCUT2D eigenvalue weighted by molar-refractivity contribution is -0.135. The van der Waals surface area contributed by atoms with Crippen LogP contribution >= 0.6 is 31.9 Å². The number of aliphatic carboxylic acids is 1. The third-order valence-corrected chi connectivity index (χ3v) is 3.38. The minimum absolute atomic E-state index is 0.131. The van der Waals surface area contributed by atoms with Gasteiger partial charge in [-0.3, -0.25) is 4.79 Å². The molecule has 1 aromatic rings. The van der Waals surface area contributed by atoms with Gasteiger partial charge in [0.25, 0.3) is 0 Å². The molecule has 0 aromatic heterocycles. The fourth-order valence-corrected chi connectivity index (χ4v) is 3.04. The predicted octanol–water partition coefficient (Wildman–Crippen LogP) is 3.91. The second-order valence-corrected chi connectivity index (χ2v) is 5.78. The molecule has 0 aliphatic rings. The standard InChI is InChI=1S/C11H12Br2N2O3/c1-6(2)8-3-7(12)4-9(13)11(8)15(14-18)5-10(16)17/h3-4,6H,5H2,1-2H3,(H,16,17). The van der Waals surface area contributed by atoms with E-state index in [-0.39, 0.29) is 5.92 Å². The molecule has 0 bridgehead atoms. The average Bonchev–Trinajstić information content (AvgIpc) is 2.25. The summed E-state index contributed by atoms with van der Waals surface area (Å²) in [4.78, 5) is 21.6. The Labute approximate surface area is 121 Å². The van der Waals surface area contributed by atoms with Gasteiger partial charge >= 0.3 is 5.97 Å². The molecule has 1 N–H and O–H groups in total. The van der Waals surface area contributed by atoms with Crippen LogP contribution in [0.4, 0.5) is 5.69 Å². The summed E-state index contributed by atoms with van der Waals surface area (Å²) in [6, 6.07) is 3.60. The highest BCUT2D eigenvalue weighted by Crippen LogP contribution is 2.37. The number of benzene rings is 1. The number of rotatable bonds is 5. The number of hydrogen-bond donors (Lipinski definition) is 1. The largest absolute Gasteiger partial charge is 0.480 e. The maximum absolute atomic E-state index is 10.8. The van der Waals surface area contributed by atoms with E-state index >= 15 is 0 Å². The van der Waals surface area contributed by atoms with Crippen molar-refractivity contribution < 1.29 is 9.90 Å². The van der Waals surface area contributed by atoms with E-state index in [1.54, 1.807) is 6.07 Å². The lowest BCUT2D eigenvalue weighted by Gasteiger charge is -2.21. The molecule has 0 spiro atoms. The molecule has 0 saturated heterocycles. The summed E-state index contributed by atoms with van der Waals surface area (Å²) in [6.07, 6.45) is 0. The highest BCUT2D eigenvalue weighted by Gasteiger charge is 2.20. The normalized spacial score (nSPS) is 10.5. The van der Waals surface area contributed by atoms with Gasteiger partial charge in [-0.25, -0.2) is 5.01 Å². The summed E-state index contributed by atoms with van der Waals surface area (Å²) in [6.45, 7) is 3.45. The molecule has 0 fully saturated rings. The fraction of sp³-hybridized carbons (Fsp3) is 0.364. The molecule has 7 heteroatoms. The third-order valence-electron chi connectivity index (χ3n) is 2.32. The van der Waals surface area contributed by atoms with Gasteiger partial charge in [0.2, 0.25) is 0 Å². The van der Waals surface area contributed by atoms with E-state index in [4.69, 9.17) is 5.11 Å². The smallest absolute Gasteiger partial charge is 0.325 e. The first kappa shape index (κ1) is 15.1. The van der Waals surface area contributed by atoms with Gasteiger partial charge in [-0.1, -0.05) is 29.8 Å². The van der Waals surface area contributed by atoms with Crippen LogP contribution in [0.15, 0.2) is 26.4 Å². The van der Waals surface area contributed by atoms with Gasteiger partial charge in [0.1, 0.15) is 6.54 Å². The summed E-state index contributed by atoms with van der Waals surface area (Å²) in [7, 11) is 0. The lowest BCUT2D eigenvalue weighted by Crippen LogP contribution is -2.25. The molecule has 18 heavy (non-hydrogen) atoms. The van der Waals surface area contributed by atoms with Crippen molar-refractivity contribution in [2.75, 3.05) is 11.6 Å². The topological polar surface area (TPSA) is 70.0 Å². The molecule has 98 valence electrons. The predicted molar refractivity (Wildman–Crippen MR) is 76.7 cm³/mol. The zero-order chi connectivity index (χ0) is 13.9. The second kappa shape index (κ2) is 6.29. The highest BCUT2D eigenvalue weighted by molar-refractivity contribution is 9.11. The molecule has 0 aliphatic heterocycles. The van der Waals surface area contributed by atoms with Crippen LogP contribution in [-0.4, -0.2) is 17.6 Å². The van der Waals surface area contributed by atoms with E-state index in [1.165, 1.54) is 0 Å². The van der Waals surface area contributed by atoms with Crippen LogP contribution in [0.25, 0.3) is 0 Å². The first-order valence-electron chi connectivity index (χ1n) is 5.18. The zero-order valence-electron chi connectivity index (χ0n) is 9.85. The van der Waals surface area contributed by atoms with Crippen LogP contribution in [0.5, 0.6) is 0 Å². The Morgan fingerprint density at radius 3 is 2.50 bits per heavy atom. The van der Waals surface area contributed by atoms with Gasteiger partial charge in [0, 0.05) is 8.95 Å².